The molecule has 9 rings (SSSR count). The van der Waals surface area contributed by atoms with Gasteiger partial charge in [-0.1, -0.05) is 87.8 Å². The van der Waals surface area contributed by atoms with Gasteiger partial charge in [-0.15, -0.1) is 0 Å². The Morgan fingerprint density at radius 1 is 0.438 bits per heavy atom. The average Bonchev–Trinajstić information content (AvgIpc) is 3.48. The Morgan fingerprint density at radius 3 is 1.90 bits per heavy atom. The van der Waals surface area contributed by atoms with Crippen molar-refractivity contribution in [2.24, 2.45) is 47.3 Å². The molecule has 0 aromatic heterocycles. The number of rotatable bonds is 6. The maximum atomic E-state index is 3.27. The topological polar surface area (TPSA) is 6.48 Å². The van der Waals surface area contributed by atoms with Crippen LogP contribution in [0.1, 0.15) is 167 Å². The minimum absolute atomic E-state index is 0.727. The summed E-state index contributed by atoms with van der Waals surface area (Å²) in [7, 11) is 0. The molecule has 1 heterocycles. The molecular weight excluding hydrogens is 581 g/mol. The van der Waals surface area contributed by atoms with Crippen LogP contribution in [-0.4, -0.2) is 46.1 Å². The summed E-state index contributed by atoms with van der Waals surface area (Å²) < 4.78 is 0. The van der Waals surface area contributed by atoms with E-state index in [2.05, 4.69) is 46.3 Å². The Kier molecular flexibility index (Phi) is 10.3. The second-order valence-corrected chi connectivity index (χ2v) is 19.3. The van der Waals surface area contributed by atoms with Crippen LogP contribution in [0.15, 0.2) is 36.5 Å². The quantitative estimate of drug-likeness (QED) is 0.263. The van der Waals surface area contributed by atoms with E-state index in [0.717, 1.165) is 83.6 Å². The second-order valence-electron chi connectivity index (χ2n) is 19.3. The first kappa shape index (κ1) is 33.0. The summed E-state index contributed by atoms with van der Waals surface area (Å²) in [6.07, 6.45) is 54.3. The molecular formula is C46H72N2. The van der Waals surface area contributed by atoms with Crippen LogP contribution in [0, 0.1) is 47.3 Å². The van der Waals surface area contributed by atoms with E-state index < -0.39 is 0 Å². The molecule has 1 saturated heterocycles. The average molecular weight is 653 g/mol. The first-order chi connectivity index (χ1) is 23.8. The number of nitrogens with zero attached hydrogens (tertiary/aromatic N) is 2. The number of fused-ring (bicyclic) bond motifs is 4. The van der Waals surface area contributed by atoms with Crippen LogP contribution in [0.3, 0.4) is 0 Å². The highest BCUT2D eigenvalue weighted by molar-refractivity contribution is 5.14. The van der Waals surface area contributed by atoms with Gasteiger partial charge in [0.15, 0.2) is 0 Å². The number of hydrogen-bond acceptors (Lipinski definition) is 2. The van der Waals surface area contributed by atoms with Gasteiger partial charge in [-0.2, -0.15) is 0 Å². The Labute approximate surface area is 296 Å². The maximum Gasteiger partial charge on any atom is 0.0284 e. The minimum atomic E-state index is 0.727. The lowest BCUT2D eigenvalue weighted by atomic mass is 9.62. The molecule has 0 radical (unpaired) electrons. The molecule has 5 saturated carbocycles. The standard InChI is InChI=1S/C46H72N2/c1-4-12-33(13-5-1)35-20-25-40(26-21-35)47(41-27-22-36(23-28-41)34-14-6-2-7-15-34)42-29-24-37-31-44-43-18-10-11-19-45(43)48(39-16-8-3-9-17-39)46(44)32-38(37)30-42/h3,8,10-11,20,25,33-46H,1-2,4-7,9,12-19,21-24,26-32H2/t35?,36?,37?,38?,39-,40?,41?,42+,43-,44+,45?,46?/m0/s1. The summed E-state index contributed by atoms with van der Waals surface area (Å²) in [4.78, 5) is 6.47. The van der Waals surface area contributed by atoms with Crippen molar-refractivity contribution in [3.63, 3.8) is 0 Å². The predicted octanol–water partition coefficient (Wildman–Crippen LogP) is 11.7. The van der Waals surface area contributed by atoms with E-state index in [1.54, 1.807) is 19.3 Å². The first-order valence-corrected chi connectivity index (χ1v) is 22.3. The van der Waals surface area contributed by atoms with Crippen molar-refractivity contribution >= 4 is 0 Å². The van der Waals surface area contributed by atoms with Crippen molar-refractivity contribution in [2.45, 2.75) is 203 Å². The molecule has 0 spiro atoms. The lowest BCUT2D eigenvalue weighted by Crippen LogP contribution is -2.55. The van der Waals surface area contributed by atoms with Crippen molar-refractivity contribution in [1.29, 1.82) is 0 Å². The van der Waals surface area contributed by atoms with Gasteiger partial charge in [-0.3, -0.25) is 9.80 Å². The zero-order chi connectivity index (χ0) is 31.9. The van der Waals surface area contributed by atoms with Crippen molar-refractivity contribution in [3.8, 4) is 0 Å². The number of allylic oxidation sites excluding steroid dienone is 3. The van der Waals surface area contributed by atoms with Crippen LogP contribution in [0.4, 0.5) is 0 Å². The molecule has 0 aromatic carbocycles. The van der Waals surface area contributed by atoms with Crippen molar-refractivity contribution in [1.82, 2.24) is 9.80 Å². The molecule has 48 heavy (non-hydrogen) atoms. The van der Waals surface area contributed by atoms with Crippen molar-refractivity contribution in [2.75, 3.05) is 0 Å². The predicted molar refractivity (Wildman–Crippen MR) is 202 cm³/mol. The van der Waals surface area contributed by atoms with Gasteiger partial charge in [0.2, 0.25) is 0 Å². The molecule has 266 valence electrons. The highest BCUT2D eigenvalue weighted by atomic mass is 15.3. The van der Waals surface area contributed by atoms with Crippen LogP contribution >= 0.6 is 0 Å². The summed E-state index contributed by atoms with van der Waals surface area (Å²) in [5, 5.41) is 0. The number of likely N-dealkylation sites (tertiary alicyclic amines) is 1. The largest absolute Gasteiger partial charge is 0.293 e. The molecule has 0 aromatic rings. The van der Waals surface area contributed by atoms with Crippen LogP contribution in [0.2, 0.25) is 0 Å². The van der Waals surface area contributed by atoms with E-state index in [4.69, 9.17) is 0 Å². The van der Waals surface area contributed by atoms with Crippen LogP contribution in [0.25, 0.3) is 0 Å². The highest BCUT2D eigenvalue weighted by Crippen LogP contribution is 2.56. The molecule has 6 fully saturated rings. The third-order valence-electron chi connectivity index (χ3n) is 17.1. The zero-order valence-corrected chi connectivity index (χ0v) is 30.8. The van der Waals surface area contributed by atoms with Gasteiger partial charge in [0, 0.05) is 36.3 Å². The smallest absolute Gasteiger partial charge is 0.0284 e. The van der Waals surface area contributed by atoms with Gasteiger partial charge < -0.3 is 0 Å². The van der Waals surface area contributed by atoms with Crippen molar-refractivity contribution in [3.05, 3.63) is 36.5 Å². The molecule has 10 atom stereocenters. The van der Waals surface area contributed by atoms with E-state index in [9.17, 15) is 0 Å². The Morgan fingerprint density at radius 2 is 1.15 bits per heavy atom. The monoisotopic (exact) mass is 653 g/mol. The second kappa shape index (κ2) is 15.0. The molecule has 1 aliphatic heterocycles. The third-order valence-corrected chi connectivity index (χ3v) is 17.1. The number of hydrogen-bond donors (Lipinski definition) is 0. The summed E-state index contributed by atoms with van der Waals surface area (Å²) >= 11 is 0. The molecule has 6 unspecified atom stereocenters. The highest BCUT2D eigenvalue weighted by Gasteiger charge is 2.55. The van der Waals surface area contributed by atoms with E-state index in [1.807, 2.05) is 0 Å². The van der Waals surface area contributed by atoms with Crippen LogP contribution in [0.5, 0.6) is 0 Å². The van der Waals surface area contributed by atoms with E-state index in [1.165, 1.54) is 148 Å². The fraction of sp³-hybridized carbons (Fsp3) is 0.870. The fourth-order valence-electron chi connectivity index (χ4n) is 14.8. The van der Waals surface area contributed by atoms with Crippen LogP contribution in [-0.2, 0) is 0 Å². The fourth-order valence-corrected chi connectivity index (χ4v) is 14.8. The first-order valence-electron chi connectivity index (χ1n) is 22.3. The van der Waals surface area contributed by atoms with E-state index in [0.29, 0.717) is 0 Å². The van der Waals surface area contributed by atoms with E-state index in [-0.39, 0.29) is 0 Å². The van der Waals surface area contributed by atoms with Gasteiger partial charge in [0.05, 0.1) is 0 Å². The molecule has 2 nitrogen and oxygen atoms in total. The molecule has 9 aliphatic rings. The lowest BCUT2D eigenvalue weighted by Gasteiger charge is -2.53. The Balaban J connectivity index is 0.924. The van der Waals surface area contributed by atoms with Crippen LogP contribution < -0.4 is 0 Å². The molecule has 8 aliphatic carbocycles. The maximum absolute atomic E-state index is 3.27. The third kappa shape index (κ3) is 6.63. The van der Waals surface area contributed by atoms with E-state index >= 15 is 0 Å². The lowest BCUT2D eigenvalue weighted by molar-refractivity contribution is -0.0199. The van der Waals surface area contributed by atoms with Gasteiger partial charge in [-0.05, 0) is 163 Å². The Bertz CT molecular complexity index is 1130. The zero-order valence-electron chi connectivity index (χ0n) is 30.8. The van der Waals surface area contributed by atoms with Gasteiger partial charge in [0.25, 0.3) is 0 Å². The molecule has 2 heteroatoms. The summed E-state index contributed by atoms with van der Waals surface area (Å²) in [5.74, 6) is 7.92. The minimum Gasteiger partial charge on any atom is -0.293 e. The summed E-state index contributed by atoms with van der Waals surface area (Å²) in [5.41, 5.74) is 0. The molecule has 0 N–H and O–H groups in total. The van der Waals surface area contributed by atoms with Gasteiger partial charge in [0.1, 0.15) is 0 Å². The van der Waals surface area contributed by atoms with Gasteiger partial charge >= 0.3 is 0 Å². The van der Waals surface area contributed by atoms with Crippen molar-refractivity contribution < 1.29 is 0 Å². The normalized spacial score (nSPS) is 45.9. The summed E-state index contributed by atoms with van der Waals surface area (Å²) in [6.45, 7) is 0. The molecule has 0 bridgehead atoms. The summed E-state index contributed by atoms with van der Waals surface area (Å²) in [6, 6.07) is 4.97. The Hall–Kier alpha value is -0.860. The van der Waals surface area contributed by atoms with Gasteiger partial charge in [-0.25, -0.2) is 0 Å². The molecule has 0 amide bonds. The SMILES string of the molecule is C1=CC[C@H](N2C3CC=CC[C@H]3[C@H]3CC4CC[C@@H](N(C5C=CC(C6CCCCC6)CC5)C5CCC(C6CCCCC6)CC5)CC4CC32)CC1.